The fourth-order valence-corrected chi connectivity index (χ4v) is 3.59. The molecule has 1 saturated heterocycles. The molecular formula is C23H32IN5O. The monoisotopic (exact) mass is 521 g/mol. The van der Waals surface area contributed by atoms with Gasteiger partial charge in [-0.05, 0) is 49.6 Å². The molecular weight excluding hydrogens is 489 g/mol. The number of hydrogen-bond acceptors (Lipinski definition) is 3. The maximum Gasteiger partial charge on any atom is 0.251 e. The number of aryl methyl sites for hydroxylation is 1. The van der Waals surface area contributed by atoms with E-state index in [1.54, 1.807) is 14.1 Å². The molecule has 1 fully saturated rings. The van der Waals surface area contributed by atoms with Gasteiger partial charge in [0.1, 0.15) is 0 Å². The fraction of sp³-hybridized carbons (Fsp3) is 0.391. The van der Waals surface area contributed by atoms with E-state index in [4.69, 9.17) is 0 Å². The molecule has 1 aliphatic rings. The normalized spacial score (nSPS) is 16.0. The maximum absolute atomic E-state index is 11.8. The zero-order chi connectivity index (χ0) is 20.6. The van der Waals surface area contributed by atoms with Gasteiger partial charge in [0.05, 0.1) is 0 Å². The van der Waals surface area contributed by atoms with E-state index in [1.165, 1.54) is 11.3 Å². The van der Waals surface area contributed by atoms with Gasteiger partial charge in [-0.3, -0.25) is 9.79 Å². The van der Waals surface area contributed by atoms with Crippen LogP contribution in [0.3, 0.4) is 0 Å². The largest absolute Gasteiger partial charge is 0.369 e. The first-order valence-electron chi connectivity index (χ1n) is 10.2. The quantitative estimate of drug-likeness (QED) is 0.311. The Kier molecular flexibility index (Phi) is 9.42. The van der Waals surface area contributed by atoms with Crippen LogP contribution in [0, 0.1) is 6.92 Å². The van der Waals surface area contributed by atoms with Gasteiger partial charge in [-0.25, -0.2) is 0 Å². The molecule has 1 unspecified atom stereocenters. The van der Waals surface area contributed by atoms with E-state index in [9.17, 15) is 4.79 Å². The lowest BCUT2D eigenvalue weighted by molar-refractivity contribution is 0.0963. The Morgan fingerprint density at radius 2 is 1.97 bits per heavy atom. The summed E-state index contributed by atoms with van der Waals surface area (Å²) in [6.45, 7) is 4.88. The van der Waals surface area contributed by atoms with Crippen LogP contribution in [0.1, 0.15) is 27.9 Å². The lowest BCUT2D eigenvalue weighted by atomic mass is 10.1. The summed E-state index contributed by atoms with van der Waals surface area (Å²) in [6, 6.07) is 16.8. The van der Waals surface area contributed by atoms with Crippen LogP contribution in [0.4, 0.5) is 5.69 Å². The van der Waals surface area contributed by atoms with Crippen molar-refractivity contribution < 1.29 is 4.79 Å². The maximum atomic E-state index is 11.8. The Hall–Kier alpha value is -2.29. The molecule has 3 rings (SSSR count). The second-order valence-electron chi connectivity index (χ2n) is 7.44. The van der Waals surface area contributed by atoms with Crippen LogP contribution in [0.25, 0.3) is 0 Å². The summed E-state index contributed by atoms with van der Waals surface area (Å²) < 4.78 is 0. The molecule has 2 aromatic rings. The number of rotatable bonds is 6. The molecule has 30 heavy (non-hydrogen) atoms. The molecule has 0 spiro atoms. The molecule has 0 aromatic heterocycles. The Balaban J connectivity index is 0.00000320. The van der Waals surface area contributed by atoms with Gasteiger partial charge in [0.25, 0.3) is 5.91 Å². The highest BCUT2D eigenvalue weighted by Crippen LogP contribution is 2.20. The number of nitrogens with zero attached hydrogens (tertiary/aromatic N) is 2. The van der Waals surface area contributed by atoms with Crippen molar-refractivity contribution in [2.45, 2.75) is 25.8 Å². The third-order valence-corrected chi connectivity index (χ3v) is 5.27. The molecule has 3 N–H and O–H groups in total. The van der Waals surface area contributed by atoms with Crippen LogP contribution in [0.2, 0.25) is 0 Å². The summed E-state index contributed by atoms with van der Waals surface area (Å²) in [5, 5.41) is 9.59. The second-order valence-corrected chi connectivity index (χ2v) is 7.44. The van der Waals surface area contributed by atoms with Gasteiger partial charge < -0.3 is 20.9 Å². The summed E-state index contributed by atoms with van der Waals surface area (Å²) in [7, 11) is 3.45. The van der Waals surface area contributed by atoms with Gasteiger partial charge >= 0.3 is 0 Å². The molecule has 0 saturated carbocycles. The number of amides is 1. The van der Waals surface area contributed by atoms with Crippen molar-refractivity contribution in [1.82, 2.24) is 16.0 Å². The third kappa shape index (κ3) is 6.62. The van der Waals surface area contributed by atoms with E-state index in [0.29, 0.717) is 11.6 Å². The topological polar surface area (TPSA) is 68.8 Å². The highest BCUT2D eigenvalue weighted by atomic mass is 127. The predicted octanol–water partition coefficient (Wildman–Crippen LogP) is 2.96. The Labute approximate surface area is 196 Å². The van der Waals surface area contributed by atoms with Crippen molar-refractivity contribution in [3.05, 3.63) is 65.2 Å². The third-order valence-electron chi connectivity index (χ3n) is 5.27. The molecule has 1 atom stereocenters. The van der Waals surface area contributed by atoms with Crippen molar-refractivity contribution in [2.75, 3.05) is 38.6 Å². The number of halogens is 1. The first-order chi connectivity index (χ1) is 14.1. The van der Waals surface area contributed by atoms with E-state index in [1.807, 2.05) is 24.3 Å². The van der Waals surface area contributed by atoms with E-state index in [-0.39, 0.29) is 29.9 Å². The predicted molar refractivity (Wildman–Crippen MR) is 135 cm³/mol. The van der Waals surface area contributed by atoms with Crippen LogP contribution >= 0.6 is 24.0 Å². The highest BCUT2D eigenvalue weighted by Gasteiger charge is 2.23. The number of aliphatic imine (C=N–C) groups is 1. The number of benzene rings is 2. The Bertz CT molecular complexity index is 853. The zero-order valence-corrected chi connectivity index (χ0v) is 20.3. The first-order valence-corrected chi connectivity index (χ1v) is 10.2. The first kappa shape index (κ1) is 24.0. The number of carbonyl (C=O) groups is 1. The SMILES string of the molecule is CN=C(NCCc1cccc(C(=O)NC)c1)NC1CCN(c2ccc(C)cc2)C1.I. The molecule has 1 heterocycles. The Morgan fingerprint density at radius 3 is 2.67 bits per heavy atom. The van der Waals surface area contributed by atoms with E-state index in [2.05, 4.69) is 57.0 Å². The van der Waals surface area contributed by atoms with Gasteiger partial charge in [0.15, 0.2) is 5.96 Å². The Morgan fingerprint density at radius 1 is 1.20 bits per heavy atom. The highest BCUT2D eigenvalue weighted by molar-refractivity contribution is 14.0. The van der Waals surface area contributed by atoms with E-state index >= 15 is 0 Å². The molecule has 162 valence electrons. The zero-order valence-electron chi connectivity index (χ0n) is 17.9. The number of carbonyl (C=O) groups excluding carboxylic acids is 1. The van der Waals surface area contributed by atoms with Crippen molar-refractivity contribution >= 4 is 41.5 Å². The van der Waals surface area contributed by atoms with Gasteiger partial charge in [-0.15, -0.1) is 24.0 Å². The van der Waals surface area contributed by atoms with Crippen LogP contribution in [0.15, 0.2) is 53.5 Å². The fourth-order valence-electron chi connectivity index (χ4n) is 3.59. The van der Waals surface area contributed by atoms with Gasteiger partial charge in [0.2, 0.25) is 0 Å². The minimum absolute atomic E-state index is 0. The number of guanidine groups is 1. The van der Waals surface area contributed by atoms with Crippen molar-refractivity contribution in [3.63, 3.8) is 0 Å². The van der Waals surface area contributed by atoms with Crippen molar-refractivity contribution in [2.24, 2.45) is 4.99 Å². The molecule has 7 heteroatoms. The van der Waals surface area contributed by atoms with Crippen molar-refractivity contribution in [3.8, 4) is 0 Å². The van der Waals surface area contributed by atoms with Gasteiger partial charge in [-0.1, -0.05) is 29.8 Å². The second kappa shape index (κ2) is 11.8. The standard InChI is InChI=1S/C23H31N5O.HI/c1-17-7-9-21(10-8-17)28-14-12-20(16-28)27-23(25-3)26-13-11-18-5-4-6-19(15-18)22(29)24-2;/h4-10,15,20H,11-14,16H2,1-3H3,(H,24,29)(H2,25,26,27);1H. The van der Waals surface area contributed by atoms with E-state index in [0.717, 1.165) is 44.0 Å². The van der Waals surface area contributed by atoms with Crippen LogP contribution < -0.4 is 20.9 Å². The average Bonchev–Trinajstić information content (AvgIpc) is 3.21. The summed E-state index contributed by atoms with van der Waals surface area (Å²) in [5.41, 5.74) is 4.38. The molecule has 1 aliphatic heterocycles. The number of hydrogen-bond donors (Lipinski definition) is 3. The number of anilines is 1. The van der Waals surface area contributed by atoms with Crippen molar-refractivity contribution in [1.29, 1.82) is 0 Å². The van der Waals surface area contributed by atoms with Crippen LogP contribution in [0.5, 0.6) is 0 Å². The minimum Gasteiger partial charge on any atom is -0.369 e. The smallest absolute Gasteiger partial charge is 0.251 e. The molecule has 0 bridgehead atoms. The molecule has 6 nitrogen and oxygen atoms in total. The number of nitrogens with one attached hydrogen (secondary N) is 3. The summed E-state index contributed by atoms with van der Waals surface area (Å²) >= 11 is 0. The molecule has 1 amide bonds. The lowest BCUT2D eigenvalue weighted by Gasteiger charge is -2.20. The van der Waals surface area contributed by atoms with Crippen LogP contribution in [-0.4, -0.2) is 51.6 Å². The summed E-state index contributed by atoms with van der Waals surface area (Å²) in [5.74, 6) is 0.764. The minimum atomic E-state index is -0.0587. The lowest BCUT2D eigenvalue weighted by Crippen LogP contribution is -2.45. The van der Waals surface area contributed by atoms with Crippen LogP contribution in [-0.2, 0) is 6.42 Å². The van der Waals surface area contributed by atoms with Gasteiger partial charge in [0, 0.05) is 51.0 Å². The van der Waals surface area contributed by atoms with Gasteiger partial charge in [-0.2, -0.15) is 0 Å². The molecule has 2 aromatic carbocycles. The molecule has 0 radical (unpaired) electrons. The summed E-state index contributed by atoms with van der Waals surface area (Å²) in [6.07, 6.45) is 1.91. The molecule has 0 aliphatic carbocycles. The van der Waals surface area contributed by atoms with E-state index < -0.39 is 0 Å². The average molecular weight is 521 g/mol. The summed E-state index contributed by atoms with van der Waals surface area (Å²) in [4.78, 5) is 18.5.